The summed E-state index contributed by atoms with van der Waals surface area (Å²) in [6, 6.07) is 13.1. The number of non-ortho nitro benzene ring substituents is 1. The molecule has 0 aliphatic rings. The summed E-state index contributed by atoms with van der Waals surface area (Å²) in [5.41, 5.74) is 2.81. The predicted molar refractivity (Wildman–Crippen MR) is 111 cm³/mol. The minimum absolute atomic E-state index is 0.0297. The maximum Gasteiger partial charge on any atom is 0.269 e. The molecule has 156 valence electrons. The Bertz CT molecular complexity index is 1010. The van der Waals surface area contributed by atoms with Gasteiger partial charge >= 0.3 is 0 Å². The highest BCUT2D eigenvalue weighted by Gasteiger charge is 2.14. The molecule has 1 aromatic heterocycles. The molecule has 1 heterocycles. The van der Waals surface area contributed by atoms with Crippen LogP contribution in [0.3, 0.4) is 0 Å². The van der Waals surface area contributed by atoms with Gasteiger partial charge in [0, 0.05) is 30.9 Å². The maximum absolute atomic E-state index is 12.6. The third kappa shape index (κ3) is 5.13. The lowest BCUT2D eigenvalue weighted by Crippen LogP contribution is -2.29. The van der Waals surface area contributed by atoms with Crippen molar-refractivity contribution in [3.05, 3.63) is 81.2 Å². The van der Waals surface area contributed by atoms with Crippen LogP contribution in [0, 0.1) is 24.0 Å². The molecule has 3 aromatic rings. The van der Waals surface area contributed by atoms with E-state index in [9.17, 15) is 14.9 Å². The minimum Gasteiger partial charge on any atom is -0.488 e. The molecule has 0 bridgehead atoms. The van der Waals surface area contributed by atoms with E-state index in [2.05, 4.69) is 15.8 Å². The number of nitro groups is 1. The standard InChI is InChI=1S/C21H22N4O5/c1-14-19(15(2)30-24-14)13-29-20-6-4-3-5-18(20)21(26)23-12-11-22-16-7-9-17(10-8-16)25(27)28/h3-10,22H,11-13H2,1-2H3,(H,23,26). The number of carbonyl (C=O) groups is 1. The topological polar surface area (TPSA) is 120 Å². The summed E-state index contributed by atoms with van der Waals surface area (Å²) >= 11 is 0. The van der Waals surface area contributed by atoms with Gasteiger partial charge in [-0.1, -0.05) is 17.3 Å². The van der Waals surface area contributed by atoms with E-state index < -0.39 is 4.92 Å². The van der Waals surface area contributed by atoms with Crippen molar-refractivity contribution in [3.8, 4) is 5.75 Å². The van der Waals surface area contributed by atoms with Crippen LogP contribution in [0.15, 0.2) is 53.1 Å². The highest BCUT2D eigenvalue weighted by molar-refractivity contribution is 5.96. The normalized spacial score (nSPS) is 10.5. The number of nitrogens with zero attached hydrogens (tertiary/aromatic N) is 2. The second-order valence-corrected chi connectivity index (χ2v) is 6.57. The Morgan fingerprint density at radius 3 is 2.53 bits per heavy atom. The molecule has 9 nitrogen and oxygen atoms in total. The summed E-state index contributed by atoms with van der Waals surface area (Å²) in [7, 11) is 0. The Morgan fingerprint density at radius 1 is 1.13 bits per heavy atom. The number of nitrogens with one attached hydrogen (secondary N) is 2. The summed E-state index contributed by atoms with van der Waals surface area (Å²) in [6.07, 6.45) is 0. The number of ether oxygens (including phenoxy) is 1. The second-order valence-electron chi connectivity index (χ2n) is 6.57. The number of para-hydroxylation sites is 1. The highest BCUT2D eigenvalue weighted by Crippen LogP contribution is 2.21. The fraction of sp³-hybridized carbons (Fsp3) is 0.238. The Labute approximate surface area is 173 Å². The van der Waals surface area contributed by atoms with Gasteiger partial charge in [0.05, 0.1) is 21.7 Å². The average Bonchev–Trinajstić information content (AvgIpc) is 3.07. The lowest BCUT2D eigenvalue weighted by Gasteiger charge is -2.12. The molecule has 2 N–H and O–H groups in total. The average molecular weight is 410 g/mol. The van der Waals surface area contributed by atoms with Crippen LogP contribution in [0.25, 0.3) is 0 Å². The summed E-state index contributed by atoms with van der Waals surface area (Å²) in [5.74, 6) is 0.903. The molecule has 0 radical (unpaired) electrons. The van der Waals surface area contributed by atoms with E-state index in [1.807, 2.05) is 13.8 Å². The molecule has 9 heteroatoms. The highest BCUT2D eigenvalue weighted by atomic mass is 16.6. The molecule has 2 aromatic carbocycles. The monoisotopic (exact) mass is 410 g/mol. The van der Waals surface area contributed by atoms with Crippen molar-refractivity contribution >= 4 is 17.3 Å². The zero-order chi connectivity index (χ0) is 21.5. The van der Waals surface area contributed by atoms with Crippen LogP contribution >= 0.6 is 0 Å². The molecule has 1 amide bonds. The number of amides is 1. The number of rotatable bonds is 9. The van der Waals surface area contributed by atoms with Crippen molar-refractivity contribution in [2.75, 3.05) is 18.4 Å². The van der Waals surface area contributed by atoms with Crippen molar-refractivity contribution in [2.24, 2.45) is 0 Å². The van der Waals surface area contributed by atoms with E-state index >= 15 is 0 Å². The van der Waals surface area contributed by atoms with Gasteiger partial charge in [0.1, 0.15) is 18.1 Å². The zero-order valence-corrected chi connectivity index (χ0v) is 16.7. The van der Waals surface area contributed by atoms with E-state index in [-0.39, 0.29) is 18.2 Å². The SMILES string of the molecule is Cc1noc(C)c1COc1ccccc1C(=O)NCCNc1ccc([N+](=O)[O-])cc1. The maximum atomic E-state index is 12.6. The Hall–Kier alpha value is -3.88. The molecule has 0 unspecified atom stereocenters. The summed E-state index contributed by atoms with van der Waals surface area (Å²) in [6.45, 7) is 4.74. The number of nitro benzene ring substituents is 1. The molecule has 0 aliphatic carbocycles. The van der Waals surface area contributed by atoms with Crippen LogP contribution in [0.2, 0.25) is 0 Å². The third-order valence-electron chi connectivity index (χ3n) is 4.50. The summed E-state index contributed by atoms with van der Waals surface area (Å²) in [4.78, 5) is 22.8. The van der Waals surface area contributed by atoms with E-state index in [1.165, 1.54) is 12.1 Å². The number of hydrogen-bond donors (Lipinski definition) is 2. The minimum atomic E-state index is -0.449. The van der Waals surface area contributed by atoms with Gasteiger partial charge in [0.15, 0.2) is 0 Å². The Balaban J connectivity index is 1.52. The van der Waals surface area contributed by atoms with Crippen molar-refractivity contribution < 1.29 is 19.0 Å². The van der Waals surface area contributed by atoms with Gasteiger partial charge in [-0.25, -0.2) is 0 Å². The molecule has 0 fully saturated rings. The molecule has 30 heavy (non-hydrogen) atoms. The molecule has 3 rings (SSSR count). The van der Waals surface area contributed by atoms with Gasteiger partial charge < -0.3 is 19.9 Å². The number of carbonyl (C=O) groups excluding carboxylic acids is 1. The first kappa shape index (κ1) is 20.8. The van der Waals surface area contributed by atoms with Gasteiger partial charge in [-0.3, -0.25) is 14.9 Å². The molecule has 0 saturated carbocycles. The molecule has 0 atom stereocenters. The lowest BCUT2D eigenvalue weighted by molar-refractivity contribution is -0.384. The van der Waals surface area contributed by atoms with Crippen LogP contribution < -0.4 is 15.4 Å². The van der Waals surface area contributed by atoms with E-state index in [0.29, 0.717) is 30.2 Å². The molecule has 0 aliphatic heterocycles. The molecular weight excluding hydrogens is 388 g/mol. The number of aromatic nitrogens is 1. The van der Waals surface area contributed by atoms with Crippen molar-refractivity contribution in [3.63, 3.8) is 0 Å². The van der Waals surface area contributed by atoms with Crippen molar-refractivity contribution in [2.45, 2.75) is 20.5 Å². The van der Waals surface area contributed by atoms with Gasteiger partial charge in [0.2, 0.25) is 0 Å². The first-order valence-corrected chi connectivity index (χ1v) is 9.36. The zero-order valence-electron chi connectivity index (χ0n) is 16.7. The van der Waals surface area contributed by atoms with Gasteiger partial charge in [0.25, 0.3) is 11.6 Å². The number of hydrogen-bond acceptors (Lipinski definition) is 7. The van der Waals surface area contributed by atoms with Crippen molar-refractivity contribution in [1.29, 1.82) is 0 Å². The largest absolute Gasteiger partial charge is 0.488 e. The van der Waals surface area contributed by atoms with E-state index in [0.717, 1.165) is 16.9 Å². The molecule has 0 saturated heterocycles. The van der Waals surface area contributed by atoms with Crippen LogP contribution in [0.4, 0.5) is 11.4 Å². The number of anilines is 1. The van der Waals surface area contributed by atoms with Crippen molar-refractivity contribution in [1.82, 2.24) is 10.5 Å². The first-order chi connectivity index (χ1) is 14.5. The fourth-order valence-electron chi connectivity index (χ4n) is 2.82. The summed E-state index contributed by atoms with van der Waals surface area (Å²) in [5, 5.41) is 20.5. The number of benzene rings is 2. The second kappa shape index (κ2) is 9.55. The quantitative estimate of drug-likeness (QED) is 0.314. The van der Waals surface area contributed by atoms with Crippen LogP contribution in [0.5, 0.6) is 5.75 Å². The predicted octanol–water partition coefficient (Wildman–Crippen LogP) is 3.62. The lowest BCUT2D eigenvalue weighted by atomic mass is 10.2. The van der Waals surface area contributed by atoms with Gasteiger partial charge in [-0.2, -0.15) is 0 Å². The fourth-order valence-corrected chi connectivity index (χ4v) is 2.82. The third-order valence-corrected chi connectivity index (χ3v) is 4.50. The van der Waals surface area contributed by atoms with Gasteiger partial charge in [-0.15, -0.1) is 0 Å². The van der Waals surface area contributed by atoms with E-state index in [4.69, 9.17) is 9.26 Å². The number of aryl methyl sites for hydroxylation is 2. The Kier molecular flexibility index (Phi) is 6.63. The summed E-state index contributed by atoms with van der Waals surface area (Å²) < 4.78 is 11.0. The van der Waals surface area contributed by atoms with Crippen LogP contribution in [-0.4, -0.2) is 29.1 Å². The molecule has 0 spiro atoms. The Morgan fingerprint density at radius 2 is 1.87 bits per heavy atom. The smallest absolute Gasteiger partial charge is 0.269 e. The van der Waals surface area contributed by atoms with E-state index in [1.54, 1.807) is 36.4 Å². The first-order valence-electron chi connectivity index (χ1n) is 9.36. The van der Waals surface area contributed by atoms with Gasteiger partial charge in [-0.05, 0) is 38.1 Å². The molecular formula is C21H22N4O5. The van der Waals surface area contributed by atoms with Crippen LogP contribution in [-0.2, 0) is 6.61 Å². The van der Waals surface area contributed by atoms with Crippen LogP contribution in [0.1, 0.15) is 27.4 Å².